The third kappa shape index (κ3) is 3.68. The normalized spacial score (nSPS) is 22.4. The van der Waals surface area contributed by atoms with Crippen molar-refractivity contribution in [2.75, 3.05) is 39.8 Å². The molecule has 0 aliphatic carbocycles. The number of nitrogens with zero attached hydrogens (tertiary/aromatic N) is 2. The van der Waals surface area contributed by atoms with Crippen molar-refractivity contribution in [2.24, 2.45) is 5.92 Å². The van der Waals surface area contributed by atoms with Gasteiger partial charge in [-0.3, -0.25) is 9.69 Å². The summed E-state index contributed by atoms with van der Waals surface area (Å²) in [4.78, 5) is 17.2. The number of rotatable bonds is 5. The maximum Gasteiger partial charge on any atom is 0.253 e. The first-order chi connectivity index (χ1) is 10.8. The van der Waals surface area contributed by atoms with Gasteiger partial charge in [0.2, 0.25) is 0 Å². The van der Waals surface area contributed by atoms with E-state index in [1.165, 1.54) is 31.5 Å². The van der Waals surface area contributed by atoms with E-state index in [0.717, 1.165) is 38.2 Å². The molecule has 2 fully saturated rings. The Balaban J connectivity index is 1.62. The molecule has 4 nitrogen and oxygen atoms in total. The van der Waals surface area contributed by atoms with E-state index in [1.807, 2.05) is 24.1 Å². The first kappa shape index (κ1) is 15.5. The molecule has 2 saturated heterocycles. The summed E-state index contributed by atoms with van der Waals surface area (Å²) in [7, 11) is 1.98. The summed E-state index contributed by atoms with van der Waals surface area (Å²) in [6.45, 7) is 6.13. The molecule has 4 heteroatoms. The van der Waals surface area contributed by atoms with Crippen LogP contribution in [0.25, 0.3) is 0 Å². The first-order valence-corrected chi connectivity index (χ1v) is 8.51. The van der Waals surface area contributed by atoms with Crippen LogP contribution in [0.1, 0.15) is 35.2 Å². The van der Waals surface area contributed by atoms with Gasteiger partial charge in [0, 0.05) is 25.2 Å². The summed E-state index contributed by atoms with van der Waals surface area (Å²) in [5.41, 5.74) is 2.11. The largest absolute Gasteiger partial charge is 0.338 e. The monoisotopic (exact) mass is 301 g/mol. The Morgan fingerprint density at radius 1 is 1.27 bits per heavy atom. The van der Waals surface area contributed by atoms with E-state index in [-0.39, 0.29) is 5.91 Å². The summed E-state index contributed by atoms with van der Waals surface area (Å²) in [5.74, 6) is 0.795. The molecule has 0 aromatic heterocycles. The molecule has 120 valence electrons. The molecule has 1 unspecified atom stereocenters. The van der Waals surface area contributed by atoms with E-state index in [0.29, 0.717) is 5.92 Å². The SMILES string of the molecule is CNCC1CCN(C(=O)c2cccc(CN3CCCC3)c2)C1. The maximum atomic E-state index is 12.7. The minimum absolute atomic E-state index is 0.196. The molecule has 1 atom stereocenters. The fraction of sp³-hybridized carbons (Fsp3) is 0.611. The molecule has 1 aromatic carbocycles. The van der Waals surface area contributed by atoms with Crippen molar-refractivity contribution >= 4 is 5.91 Å². The zero-order valence-corrected chi connectivity index (χ0v) is 13.6. The molecule has 1 amide bonds. The van der Waals surface area contributed by atoms with Gasteiger partial charge in [0.25, 0.3) is 5.91 Å². The molecule has 0 saturated carbocycles. The Kier molecular flexibility index (Phi) is 5.11. The van der Waals surface area contributed by atoms with E-state index < -0.39 is 0 Å². The van der Waals surface area contributed by atoms with Crippen molar-refractivity contribution < 1.29 is 4.79 Å². The van der Waals surface area contributed by atoms with Crippen molar-refractivity contribution in [3.8, 4) is 0 Å². The van der Waals surface area contributed by atoms with E-state index >= 15 is 0 Å². The highest BCUT2D eigenvalue weighted by Gasteiger charge is 2.26. The summed E-state index contributed by atoms with van der Waals surface area (Å²) in [6.07, 6.45) is 3.72. The smallest absolute Gasteiger partial charge is 0.253 e. The molecule has 0 spiro atoms. The van der Waals surface area contributed by atoms with E-state index in [4.69, 9.17) is 0 Å². The fourth-order valence-electron chi connectivity index (χ4n) is 3.66. The van der Waals surface area contributed by atoms with Crippen molar-refractivity contribution in [3.63, 3.8) is 0 Å². The number of nitrogens with one attached hydrogen (secondary N) is 1. The van der Waals surface area contributed by atoms with Crippen LogP contribution in [0, 0.1) is 5.92 Å². The van der Waals surface area contributed by atoms with Crippen LogP contribution in [0.15, 0.2) is 24.3 Å². The fourth-order valence-corrected chi connectivity index (χ4v) is 3.66. The molecular formula is C18H27N3O. The lowest BCUT2D eigenvalue weighted by Gasteiger charge is -2.18. The summed E-state index contributed by atoms with van der Waals surface area (Å²) < 4.78 is 0. The minimum Gasteiger partial charge on any atom is -0.338 e. The van der Waals surface area contributed by atoms with Gasteiger partial charge in [0.15, 0.2) is 0 Å². The van der Waals surface area contributed by atoms with Crippen LogP contribution < -0.4 is 5.32 Å². The van der Waals surface area contributed by atoms with Crippen LogP contribution in [0.5, 0.6) is 0 Å². The summed E-state index contributed by atoms with van der Waals surface area (Å²) >= 11 is 0. The number of likely N-dealkylation sites (tertiary alicyclic amines) is 2. The Labute approximate surface area is 133 Å². The lowest BCUT2D eigenvalue weighted by atomic mass is 10.1. The zero-order chi connectivity index (χ0) is 15.4. The van der Waals surface area contributed by atoms with Crippen LogP contribution in [0.2, 0.25) is 0 Å². The topological polar surface area (TPSA) is 35.6 Å². The van der Waals surface area contributed by atoms with Gasteiger partial charge < -0.3 is 10.2 Å². The molecule has 1 N–H and O–H groups in total. The van der Waals surface area contributed by atoms with Crippen molar-refractivity contribution in [3.05, 3.63) is 35.4 Å². The second kappa shape index (κ2) is 7.25. The highest BCUT2D eigenvalue weighted by atomic mass is 16.2. The highest BCUT2D eigenvalue weighted by molar-refractivity contribution is 5.94. The van der Waals surface area contributed by atoms with E-state index in [1.54, 1.807) is 0 Å². The quantitative estimate of drug-likeness (QED) is 0.903. The number of carbonyl (C=O) groups is 1. The van der Waals surface area contributed by atoms with Gasteiger partial charge in [-0.25, -0.2) is 0 Å². The third-order valence-corrected chi connectivity index (χ3v) is 4.84. The molecule has 3 rings (SSSR count). The number of hydrogen-bond donors (Lipinski definition) is 1. The summed E-state index contributed by atoms with van der Waals surface area (Å²) in [6, 6.07) is 8.22. The van der Waals surface area contributed by atoms with Gasteiger partial charge in [-0.2, -0.15) is 0 Å². The summed E-state index contributed by atoms with van der Waals surface area (Å²) in [5, 5.41) is 3.21. The average Bonchev–Trinajstić information content (AvgIpc) is 3.19. The number of carbonyl (C=O) groups excluding carboxylic acids is 1. The average molecular weight is 301 g/mol. The minimum atomic E-state index is 0.196. The Morgan fingerprint density at radius 3 is 2.86 bits per heavy atom. The molecule has 2 heterocycles. The molecule has 1 aromatic rings. The Morgan fingerprint density at radius 2 is 2.09 bits per heavy atom. The predicted molar refractivity (Wildman–Crippen MR) is 88.9 cm³/mol. The predicted octanol–water partition coefficient (Wildman–Crippen LogP) is 1.96. The van der Waals surface area contributed by atoms with Gasteiger partial charge in [-0.05, 0) is 69.6 Å². The van der Waals surface area contributed by atoms with Gasteiger partial charge >= 0.3 is 0 Å². The molecular weight excluding hydrogens is 274 g/mol. The van der Waals surface area contributed by atoms with Gasteiger partial charge in [-0.1, -0.05) is 12.1 Å². The molecule has 0 radical (unpaired) electrons. The maximum absolute atomic E-state index is 12.7. The zero-order valence-electron chi connectivity index (χ0n) is 13.6. The molecule has 2 aliphatic heterocycles. The van der Waals surface area contributed by atoms with Crippen molar-refractivity contribution in [2.45, 2.75) is 25.8 Å². The van der Waals surface area contributed by atoms with Crippen molar-refractivity contribution in [1.29, 1.82) is 0 Å². The van der Waals surface area contributed by atoms with Crippen LogP contribution in [-0.4, -0.2) is 55.5 Å². The van der Waals surface area contributed by atoms with Crippen LogP contribution in [0.3, 0.4) is 0 Å². The van der Waals surface area contributed by atoms with Gasteiger partial charge in [0.05, 0.1) is 0 Å². The molecule has 0 bridgehead atoms. The molecule has 22 heavy (non-hydrogen) atoms. The molecule has 2 aliphatic rings. The second-order valence-electron chi connectivity index (χ2n) is 6.65. The first-order valence-electron chi connectivity index (χ1n) is 8.51. The van der Waals surface area contributed by atoms with Gasteiger partial charge in [0.1, 0.15) is 0 Å². The van der Waals surface area contributed by atoms with Crippen molar-refractivity contribution in [1.82, 2.24) is 15.1 Å². The van der Waals surface area contributed by atoms with E-state index in [9.17, 15) is 4.79 Å². The lowest BCUT2D eigenvalue weighted by Crippen LogP contribution is -2.30. The third-order valence-electron chi connectivity index (χ3n) is 4.84. The van der Waals surface area contributed by atoms with Gasteiger partial charge in [-0.15, -0.1) is 0 Å². The Bertz CT molecular complexity index is 511. The number of hydrogen-bond acceptors (Lipinski definition) is 3. The number of benzene rings is 1. The second-order valence-corrected chi connectivity index (χ2v) is 6.65. The van der Waals surface area contributed by atoms with Crippen LogP contribution >= 0.6 is 0 Å². The lowest BCUT2D eigenvalue weighted by molar-refractivity contribution is 0.0787. The Hall–Kier alpha value is -1.39. The van der Waals surface area contributed by atoms with Crippen LogP contribution in [0.4, 0.5) is 0 Å². The standard InChI is InChI=1S/C18H27N3O/c1-19-12-16-7-10-21(14-16)18(22)17-6-4-5-15(11-17)13-20-8-2-3-9-20/h4-6,11,16,19H,2-3,7-10,12-14H2,1H3. The number of amides is 1. The van der Waals surface area contributed by atoms with E-state index in [2.05, 4.69) is 22.3 Å². The van der Waals surface area contributed by atoms with Crippen LogP contribution in [-0.2, 0) is 6.54 Å². The highest BCUT2D eigenvalue weighted by Crippen LogP contribution is 2.19.